The second kappa shape index (κ2) is 5.27. The summed E-state index contributed by atoms with van der Waals surface area (Å²) in [6.07, 6.45) is 1.46. The van der Waals surface area contributed by atoms with Crippen LogP contribution in [0.1, 0.15) is 21.6 Å². The minimum atomic E-state index is -1.30. The molecule has 0 bridgehead atoms. The smallest absolute Gasteiger partial charge is 0.355 e. The normalized spacial score (nSPS) is 11.0. The van der Waals surface area contributed by atoms with Crippen LogP contribution in [0, 0.1) is 5.82 Å². The zero-order valence-electron chi connectivity index (χ0n) is 11.0. The number of fused-ring (bicyclic) bond motifs is 1. The van der Waals surface area contributed by atoms with Crippen molar-refractivity contribution in [1.82, 2.24) is 14.6 Å². The van der Waals surface area contributed by atoms with Gasteiger partial charge in [-0.3, -0.25) is 9.89 Å². The Morgan fingerprint density at radius 3 is 2.86 bits per heavy atom. The molecule has 3 aromatic rings. The van der Waals surface area contributed by atoms with Crippen LogP contribution in [0.5, 0.6) is 0 Å². The molecule has 0 aliphatic rings. The van der Waals surface area contributed by atoms with Crippen LogP contribution in [0.25, 0.3) is 5.65 Å². The fourth-order valence-corrected chi connectivity index (χ4v) is 2.39. The number of H-pyrrole nitrogens is 1. The first kappa shape index (κ1) is 14.3. The van der Waals surface area contributed by atoms with Crippen LogP contribution < -0.4 is 5.56 Å². The van der Waals surface area contributed by atoms with E-state index in [1.165, 1.54) is 24.4 Å². The molecule has 112 valence electrons. The molecule has 2 heterocycles. The number of carboxylic acid groups (broad SMARTS) is 1. The predicted octanol–water partition coefficient (Wildman–Crippen LogP) is 2.10. The van der Waals surface area contributed by atoms with Gasteiger partial charge in [0.05, 0.1) is 10.6 Å². The lowest BCUT2D eigenvalue weighted by Crippen LogP contribution is -2.25. The summed E-state index contributed by atoms with van der Waals surface area (Å²) in [6, 6.07) is 5.45. The Bertz CT molecular complexity index is 948. The molecular formula is C14H9ClFN3O3. The van der Waals surface area contributed by atoms with Gasteiger partial charge in [0.15, 0.2) is 11.3 Å². The summed E-state index contributed by atoms with van der Waals surface area (Å²) in [5, 5.41) is 11.8. The summed E-state index contributed by atoms with van der Waals surface area (Å²) < 4.78 is 14.3. The summed E-state index contributed by atoms with van der Waals surface area (Å²) in [4.78, 5) is 27.7. The van der Waals surface area contributed by atoms with Crippen LogP contribution in [0.4, 0.5) is 4.39 Å². The Morgan fingerprint density at radius 2 is 2.18 bits per heavy atom. The molecule has 8 heteroatoms. The van der Waals surface area contributed by atoms with E-state index in [2.05, 4.69) is 10.1 Å². The highest BCUT2D eigenvalue weighted by atomic mass is 35.5. The van der Waals surface area contributed by atoms with Crippen molar-refractivity contribution in [2.75, 3.05) is 0 Å². The zero-order valence-corrected chi connectivity index (χ0v) is 11.8. The van der Waals surface area contributed by atoms with Gasteiger partial charge in [0, 0.05) is 18.7 Å². The molecule has 0 saturated heterocycles. The maximum Gasteiger partial charge on any atom is 0.355 e. The Balaban J connectivity index is 2.18. The Labute approximate surface area is 127 Å². The molecule has 3 rings (SSSR count). The van der Waals surface area contributed by atoms with E-state index in [1.54, 1.807) is 0 Å². The molecule has 0 aliphatic heterocycles. The number of aromatic carboxylic acids is 1. The van der Waals surface area contributed by atoms with Crippen molar-refractivity contribution in [3.63, 3.8) is 0 Å². The highest BCUT2D eigenvalue weighted by molar-refractivity contribution is 6.30. The van der Waals surface area contributed by atoms with Crippen molar-refractivity contribution < 1.29 is 14.3 Å². The average molecular weight is 322 g/mol. The van der Waals surface area contributed by atoms with Gasteiger partial charge >= 0.3 is 5.97 Å². The predicted molar refractivity (Wildman–Crippen MR) is 77.0 cm³/mol. The lowest BCUT2D eigenvalue weighted by molar-refractivity contribution is 0.0689. The fraction of sp³-hybridized carbons (Fsp3) is 0.0714. The van der Waals surface area contributed by atoms with E-state index < -0.39 is 17.3 Å². The number of aromatic nitrogens is 3. The number of benzene rings is 1. The van der Waals surface area contributed by atoms with E-state index in [4.69, 9.17) is 11.6 Å². The molecule has 1 aromatic carbocycles. The first-order chi connectivity index (χ1) is 10.5. The van der Waals surface area contributed by atoms with Crippen LogP contribution in [0.15, 0.2) is 35.3 Å². The van der Waals surface area contributed by atoms with E-state index in [-0.39, 0.29) is 28.3 Å². The van der Waals surface area contributed by atoms with Gasteiger partial charge in [-0.1, -0.05) is 17.7 Å². The first-order valence-electron chi connectivity index (χ1n) is 6.23. The van der Waals surface area contributed by atoms with Crippen LogP contribution in [-0.2, 0) is 6.42 Å². The van der Waals surface area contributed by atoms with Gasteiger partial charge in [-0.25, -0.2) is 18.7 Å². The summed E-state index contributed by atoms with van der Waals surface area (Å²) in [5.41, 5.74) is -0.129. The second-order valence-electron chi connectivity index (χ2n) is 4.63. The molecule has 0 aliphatic carbocycles. The van der Waals surface area contributed by atoms with Crippen LogP contribution in [-0.4, -0.2) is 25.7 Å². The maximum absolute atomic E-state index is 13.2. The van der Waals surface area contributed by atoms with Crippen molar-refractivity contribution in [2.45, 2.75) is 6.42 Å². The summed E-state index contributed by atoms with van der Waals surface area (Å²) in [7, 11) is 0. The fourth-order valence-electron chi connectivity index (χ4n) is 2.19. The summed E-state index contributed by atoms with van der Waals surface area (Å²) in [5.74, 6) is -1.89. The molecule has 0 fully saturated rings. The van der Waals surface area contributed by atoms with E-state index in [0.717, 1.165) is 10.6 Å². The molecule has 2 N–H and O–H groups in total. The van der Waals surface area contributed by atoms with E-state index in [1.807, 2.05) is 0 Å². The number of hydrogen-bond donors (Lipinski definition) is 2. The minimum Gasteiger partial charge on any atom is -0.476 e. The third kappa shape index (κ3) is 2.35. The van der Waals surface area contributed by atoms with Gasteiger partial charge in [0.2, 0.25) is 0 Å². The SMILES string of the molecule is O=C(O)c1nc2cc[nH]n2c(=O)c1Cc1ccc(F)c(Cl)c1. The van der Waals surface area contributed by atoms with Gasteiger partial charge < -0.3 is 5.11 Å². The van der Waals surface area contributed by atoms with Gasteiger partial charge in [0.25, 0.3) is 5.56 Å². The molecule has 0 atom stereocenters. The molecule has 0 radical (unpaired) electrons. The summed E-state index contributed by atoms with van der Waals surface area (Å²) in [6.45, 7) is 0. The molecule has 22 heavy (non-hydrogen) atoms. The number of carboxylic acids is 1. The summed E-state index contributed by atoms with van der Waals surface area (Å²) >= 11 is 5.70. The Morgan fingerprint density at radius 1 is 1.41 bits per heavy atom. The lowest BCUT2D eigenvalue weighted by atomic mass is 10.0. The zero-order chi connectivity index (χ0) is 15.9. The number of carbonyl (C=O) groups is 1. The Hall–Kier alpha value is -2.67. The van der Waals surface area contributed by atoms with Crippen molar-refractivity contribution in [3.8, 4) is 0 Å². The largest absolute Gasteiger partial charge is 0.476 e. The number of nitrogens with zero attached hydrogens (tertiary/aromatic N) is 2. The highest BCUT2D eigenvalue weighted by Crippen LogP contribution is 2.18. The highest BCUT2D eigenvalue weighted by Gasteiger charge is 2.19. The molecule has 2 aromatic heterocycles. The molecule has 0 spiro atoms. The van der Waals surface area contributed by atoms with Gasteiger partial charge in [-0.05, 0) is 17.7 Å². The third-order valence-corrected chi connectivity index (χ3v) is 3.50. The number of aromatic amines is 1. The number of nitrogens with one attached hydrogen (secondary N) is 1. The van der Waals surface area contributed by atoms with Crippen LogP contribution in [0.2, 0.25) is 5.02 Å². The monoisotopic (exact) mass is 321 g/mol. The van der Waals surface area contributed by atoms with Crippen LogP contribution >= 0.6 is 11.6 Å². The van der Waals surface area contributed by atoms with Crippen molar-refractivity contribution in [2.24, 2.45) is 0 Å². The number of hydrogen-bond acceptors (Lipinski definition) is 3. The minimum absolute atomic E-state index is 0.00451. The van der Waals surface area contributed by atoms with Crippen molar-refractivity contribution >= 4 is 23.2 Å². The van der Waals surface area contributed by atoms with Crippen molar-refractivity contribution in [1.29, 1.82) is 0 Å². The van der Waals surface area contributed by atoms with E-state index >= 15 is 0 Å². The molecule has 6 nitrogen and oxygen atoms in total. The second-order valence-corrected chi connectivity index (χ2v) is 5.04. The van der Waals surface area contributed by atoms with E-state index in [0.29, 0.717) is 5.56 Å². The third-order valence-electron chi connectivity index (χ3n) is 3.21. The number of halogens is 2. The number of rotatable bonds is 3. The quantitative estimate of drug-likeness (QED) is 0.773. The van der Waals surface area contributed by atoms with Gasteiger partial charge in [-0.2, -0.15) is 0 Å². The molecule has 0 unspecified atom stereocenters. The first-order valence-corrected chi connectivity index (χ1v) is 6.61. The van der Waals surface area contributed by atoms with Gasteiger partial charge in [0.1, 0.15) is 5.82 Å². The maximum atomic E-state index is 13.2. The van der Waals surface area contributed by atoms with Gasteiger partial charge in [-0.15, -0.1) is 0 Å². The van der Waals surface area contributed by atoms with E-state index in [9.17, 15) is 19.1 Å². The molecule has 0 saturated carbocycles. The van der Waals surface area contributed by atoms with Crippen molar-refractivity contribution in [3.05, 3.63) is 68.5 Å². The molecular weight excluding hydrogens is 313 g/mol. The topological polar surface area (TPSA) is 87.5 Å². The standard InChI is InChI=1S/C14H9ClFN3O3/c15-9-6-7(1-2-10(9)16)5-8-12(14(21)22)18-11-3-4-17-19(11)13(8)20/h1-4,6,17H,5H2,(H,21,22). The van der Waals surface area contributed by atoms with Crippen LogP contribution in [0.3, 0.4) is 0 Å². The lowest BCUT2D eigenvalue weighted by Gasteiger charge is -2.06. The average Bonchev–Trinajstić information content (AvgIpc) is 2.94. The molecule has 0 amide bonds. The Kier molecular flexibility index (Phi) is 3.42.